The Bertz CT molecular complexity index is 1520. The number of rotatable bonds is 10. The third-order valence-corrected chi connectivity index (χ3v) is 8.21. The molecule has 3 aromatic rings. The molecule has 1 atom stereocenters. The van der Waals surface area contributed by atoms with Crippen molar-refractivity contribution < 1.29 is 23.8 Å². The first kappa shape index (κ1) is 29.5. The van der Waals surface area contributed by atoms with Crippen molar-refractivity contribution in [3.63, 3.8) is 0 Å². The topological polar surface area (TPSA) is 111 Å². The normalized spacial score (nSPS) is 17.0. The third kappa shape index (κ3) is 6.57. The lowest BCUT2D eigenvalue weighted by Crippen LogP contribution is -2.36. The van der Waals surface area contributed by atoms with Gasteiger partial charge in [-0.25, -0.2) is 9.18 Å². The molecule has 5 rings (SSSR count). The van der Waals surface area contributed by atoms with Gasteiger partial charge in [-0.05, 0) is 50.4 Å². The second kappa shape index (κ2) is 12.9. The van der Waals surface area contributed by atoms with E-state index in [9.17, 15) is 14.0 Å². The fourth-order valence-electron chi connectivity index (χ4n) is 5.55. The van der Waals surface area contributed by atoms with Gasteiger partial charge in [0.1, 0.15) is 18.2 Å². The number of benzene rings is 2. The molecular weight excluding hydrogens is 563 g/mol. The number of carboxylic acids is 1. The van der Waals surface area contributed by atoms with Gasteiger partial charge in [0.15, 0.2) is 0 Å². The fraction of sp³-hybridized carbons (Fsp3) is 0.400. The minimum atomic E-state index is -1.18. The lowest BCUT2D eigenvalue weighted by Gasteiger charge is -2.33. The van der Waals surface area contributed by atoms with E-state index >= 15 is 0 Å². The van der Waals surface area contributed by atoms with E-state index in [4.69, 9.17) is 31.4 Å². The number of carbonyl (C=O) groups excluding carboxylic acids is 1. The number of anilines is 2. The summed E-state index contributed by atoms with van der Waals surface area (Å²) in [7, 11) is 3.97. The van der Waals surface area contributed by atoms with Crippen molar-refractivity contribution in [2.24, 2.45) is 0 Å². The number of nitrogens with one attached hydrogen (secondary N) is 1. The first-order valence-electron chi connectivity index (χ1n) is 14.0. The standard InChI is InChI=1S/C30H34ClFN6O4/c1-36-14-4-6-20(36)18-42-30-34-23-17-38(24-7-3-5-19-8-9-22(32)28(31)27(19)24)15-12-21(23)29(35-30)37(2)16-13-33-25(39)10-11-26(40)41/h3,5,7-11,20H,4,6,12-18H2,1-2H3,(H,33,39)(H,40,41)/b11-10+. The Kier molecular flexibility index (Phi) is 9.08. The van der Waals surface area contributed by atoms with Gasteiger partial charge in [-0.15, -0.1) is 0 Å². The van der Waals surface area contributed by atoms with Crippen LogP contribution in [0.15, 0.2) is 42.5 Å². The van der Waals surface area contributed by atoms with Gasteiger partial charge in [0.2, 0.25) is 5.91 Å². The number of aromatic nitrogens is 2. The number of halogens is 2. The zero-order valence-corrected chi connectivity index (χ0v) is 24.4. The number of nitrogens with zero attached hydrogens (tertiary/aromatic N) is 5. The highest BCUT2D eigenvalue weighted by Crippen LogP contribution is 2.37. The quantitative estimate of drug-likeness (QED) is 0.339. The Morgan fingerprint density at radius 2 is 2.07 bits per heavy atom. The molecule has 0 bridgehead atoms. The van der Waals surface area contributed by atoms with Crippen LogP contribution in [0.25, 0.3) is 10.8 Å². The summed E-state index contributed by atoms with van der Waals surface area (Å²) in [5, 5.41) is 13.1. The molecule has 2 aliphatic heterocycles. The first-order valence-corrected chi connectivity index (χ1v) is 14.3. The van der Waals surface area contributed by atoms with Crippen molar-refractivity contribution in [1.82, 2.24) is 20.2 Å². The number of carboxylic acid groups (broad SMARTS) is 1. The Labute approximate surface area is 248 Å². The summed E-state index contributed by atoms with van der Waals surface area (Å²) in [4.78, 5) is 38.6. The minimum Gasteiger partial charge on any atom is -0.478 e. The molecule has 12 heteroatoms. The second-order valence-corrected chi connectivity index (χ2v) is 11.0. The molecule has 222 valence electrons. The van der Waals surface area contributed by atoms with E-state index in [0.29, 0.717) is 49.9 Å². The first-order chi connectivity index (χ1) is 20.2. The Balaban J connectivity index is 1.41. The molecule has 2 N–H and O–H groups in total. The van der Waals surface area contributed by atoms with Crippen molar-refractivity contribution in [1.29, 1.82) is 0 Å². The Morgan fingerprint density at radius 1 is 1.24 bits per heavy atom. The van der Waals surface area contributed by atoms with Gasteiger partial charge in [0.25, 0.3) is 0 Å². The fourth-order valence-corrected chi connectivity index (χ4v) is 5.82. The lowest BCUT2D eigenvalue weighted by molar-refractivity contribution is -0.131. The number of fused-ring (bicyclic) bond motifs is 2. The predicted molar refractivity (Wildman–Crippen MR) is 160 cm³/mol. The van der Waals surface area contributed by atoms with Crippen LogP contribution in [-0.4, -0.2) is 84.8 Å². The van der Waals surface area contributed by atoms with Crippen molar-refractivity contribution in [3.8, 4) is 6.01 Å². The average molecular weight is 597 g/mol. The van der Waals surface area contributed by atoms with Crippen LogP contribution < -0.4 is 19.9 Å². The number of ether oxygens (including phenoxy) is 1. The number of hydrogen-bond donors (Lipinski definition) is 2. The van der Waals surface area contributed by atoms with Crippen molar-refractivity contribution >= 4 is 45.8 Å². The van der Waals surface area contributed by atoms with Gasteiger partial charge in [-0.3, -0.25) is 4.79 Å². The molecule has 0 aliphatic carbocycles. The van der Waals surface area contributed by atoms with E-state index < -0.39 is 17.7 Å². The molecule has 3 heterocycles. The van der Waals surface area contributed by atoms with Gasteiger partial charge in [-0.1, -0.05) is 29.8 Å². The largest absolute Gasteiger partial charge is 0.478 e. The molecule has 2 aliphatic rings. The molecule has 0 spiro atoms. The van der Waals surface area contributed by atoms with Gasteiger partial charge in [0.05, 0.1) is 17.3 Å². The Morgan fingerprint density at radius 3 is 2.83 bits per heavy atom. The van der Waals surface area contributed by atoms with Crippen LogP contribution in [0.2, 0.25) is 5.02 Å². The zero-order valence-electron chi connectivity index (χ0n) is 23.6. The van der Waals surface area contributed by atoms with E-state index in [1.807, 2.05) is 30.1 Å². The second-order valence-electron chi connectivity index (χ2n) is 10.6. The number of aliphatic carboxylic acids is 1. The lowest BCUT2D eigenvalue weighted by atomic mass is 10.0. The highest BCUT2D eigenvalue weighted by atomic mass is 35.5. The van der Waals surface area contributed by atoms with Crippen LogP contribution in [0.1, 0.15) is 24.1 Å². The molecule has 0 radical (unpaired) electrons. The summed E-state index contributed by atoms with van der Waals surface area (Å²) in [6.45, 7) is 3.33. The third-order valence-electron chi connectivity index (χ3n) is 7.84. The van der Waals surface area contributed by atoms with Gasteiger partial charge >= 0.3 is 12.0 Å². The number of carbonyl (C=O) groups is 2. The van der Waals surface area contributed by atoms with E-state index in [-0.39, 0.29) is 17.6 Å². The molecular formula is C30H34ClFN6O4. The van der Waals surface area contributed by atoms with Crippen LogP contribution >= 0.6 is 11.6 Å². The molecule has 1 unspecified atom stereocenters. The molecule has 1 saturated heterocycles. The molecule has 42 heavy (non-hydrogen) atoms. The number of likely N-dealkylation sites (tertiary alicyclic amines) is 1. The van der Waals surface area contributed by atoms with Crippen LogP contribution in [0.5, 0.6) is 6.01 Å². The summed E-state index contributed by atoms with van der Waals surface area (Å²) in [6.07, 6.45) is 4.60. The minimum absolute atomic E-state index is 0.0990. The van der Waals surface area contributed by atoms with Crippen LogP contribution in [0.4, 0.5) is 15.9 Å². The smallest absolute Gasteiger partial charge is 0.328 e. The van der Waals surface area contributed by atoms with Crippen molar-refractivity contribution in [3.05, 3.63) is 64.6 Å². The maximum Gasteiger partial charge on any atom is 0.328 e. The van der Waals surface area contributed by atoms with Crippen LogP contribution in [0, 0.1) is 5.82 Å². The van der Waals surface area contributed by atoms with Crippen molar-refractivity contribution in [2.75, 3.05) is 56.7 Å². The summed E-state index contributed by atoms with van der Waals surface area (Å²) in [6, 6.07) is 9.49. The van der Waals surface area contributed by atoms with Gasteiger partial charge in [0, 0.05) is 61.5 Å². The van der Waals surface area contributed by atoms with Crippen molar-refractivity contribution in [2.45, 2.75) is 31.8 Å². The average Bonchev–Trinajstić information content (AvgIpc) is 3.40. The number of amides is 1. The van der Waals surface area contributed by atoms with Gasteiger partial charge in [-0.2, -0.15) is 9.97 Å². The Hall–Kier alpha value is -3.96. The van der Waals surface area contributed by atoms with Crippen LogP contribution in [0.3, 0.4) is 0 Å². The summed E-state index contributed by atoms with van der Waals surface area (Å²) < 4.78 is 20.6. The van der Waals surface area contributed by atoms with E-state index in [1.165, 1.54) is 6.07 Å². The maximum absolute atomic E-state index is 14.4. The molecule has 1 aromatic heterocycles. The highest BCUT2D eigenvalue weighted by Gasteiger charge is 2.27. The zero-order chi connectivity index (χ0) is 29.8. The van der Waals surface area contributed by atoms with E-state index in [0.717, 1.165) is 53.9 Å². The maximum atomic E-state index is 14.4. The van der Waals surface area contributed by atoms with Gasteiger partial charge < -0.3 is 29.9 Å². The molecule has 1 fully saturated rings. The predicted octanol–water partition coefficient (Wildman–Crippen LogP) is 3.65. The summed E-state index contributed by atoms with van der Waals surface area (Å²) >= 11 is 6.44. The SMILES string of the molecule is CN(CCNC(=O)/C=C/C(=O)O)c1nc(OCC2CCCN2C)nc2c1CCN(c1cccc3ccc(F)c(Cl)c13)C2. The highest BCUT2D eigenvalue weighted by molar-refractivity contribution is 6.36. The summed E-state index contributed by atoms with van der Waals surface area (Å²) in [5.41, 5.74) is 2.63. The molecule has 10 nitrogen and oxygen atoms in total. The summed E-state index contributed by atoms with van der Waals surface area (Å²) in [5.74, 6) is -1.41. The van der Waals surface area contributed by atoms with E-state index in [1.54, 1.807) is 6.07 Å². The molecule has 1 amide bonds. The van der Waals surface area contributed by atoms with Crippen LogP contribution in [-0.2, 0) is 22.6 Å². The number of hydrogen-bond acceptors (Lipinski definition) is 8. The molecule has 2 aromatic carbocycles. The number of likely N-dealkylation sites (N-methyl/N-ethyl adjacent to an activating group) is 2. The molecule has 0 saturated carbocycles. The van der Waals surface area contributed by atoms with E-state index in [2.05, 4.69) is 22.2 Å². The monoisotopic (exact) mass is 596 g/mol.